The van der Waals surface area contributed by atoms with Crippen LogP contribution in [0.3, 0.4) is 0 Å². The van der Waals surface area contributed by atoms with Crippen molar-refractivity contribution in [3.63, 3.8) is 0 Å². The van der Waals surface area contributed by atoms with Crippen molar-refractivity contribution in [3.8, 4) is 0 Å². The van der Waals surface area contributed by atoms with Gasteiger partial charge >= 0.3 is 0 Å². The zero-order valence-corrected chi connectivity index (χ0v) is 9.80. The SMILES string of the molecule is CCCSCc1noc(C(N)C2CC2)n1. The van der Waals surface area contributed by atoms with Crippen molar-refractivity contribution >= 4 is 11.8 Å². The average Bonchev–Trinajstić information content (AvgIpc) is 2.98. The molecule has 1 atom stereocenters. The largest absolute Gasteiger partial charge is 0.338 e. The number of thioether (sulfide) groups is 1. The van der Waals surface area contributed by atoms with Gasteiger partial charge in [-0.2, -0.15) is 16.7 Å². The first kappa shape index (κ1) is 11.0. The number of hydrogen-bond acceptors (Lipinski definition) is 5. The second-order valence-electron chi connectivity index (χ2n) is 3.96. The van der Waals surface area contributed by atoms with E-state index in [0.29, 0.717) is 11.8 Å². The number of nitrogens with two attached hydrogens (primary N) is 1. The van der Waals surface area contributed by atoms with Crippen molar-refractivity contribution in [2.24, 2.45) is 11.7 Å². The van der Waals surface area contributed by atoms with Crippen LogP contribution in [-0.2, 0) is 5.75 Å². The molecule has 1 heterocycles. The Bertz CT molecular complexity index is 311. The first-order valence-corrected chi connectivity index (χ1v) is 6.62. The van der Waals surface area contributed by atoms with Crippen LogP contribution in [-0.4, -0.2) is 15.9 Å². The summed E-state index contributed by atoms with van der Waals surface area (Å²) in [4.78, 5) is 4.32. The summed E-state index contributed by atoms with van der Waals surface area (Å²) in [5.74, 6) is 3.93. The second-order valence-corrected chi connectivity index (χ2v) is 5.07. The van der Waals surface area contributed by atoms with E-state index in [4.69, 9.17) is 10.3 Å². The lowest BCUT2D eigenvalue weighted by atomic mass is 10.2. The summed E-state index contributed by atoms with van der Waals surface area (Å²) >= 11 is 1.83. The summed E-state index contributed by atoms with van der Waals surface area (Å²) in [5.41, 5.74) is 5.97. The summed E-state index contributed by atoms with van der Waals surface area (Å²) in [5, 5.41) is 3.93. The summed E-state index contributed by atoms with van der Waals surface area (Å²) in [6, 6.07) is -0.0394. The minimum atomic E-state index is -0.0394. The van der Waals surface area contributed by atoms with Gasteiger partial charge in [-0.3, -0.25) is 0 Å². The normalized spacial score (nSPS) is 18.0. The van der Waals surface area contributed by atoms with Gasteiger partial charge in [0.25, 0.3) is 0 Å². The Balaban J connectivity index is 1.85. The molecule has 1 unspecified atom stereocenters. The highest BCUT2D eigenvalue weighted by atomic mass is 32.2. The predicted octanol–water partition coefficient (Wildman–Crippen LogP) is 2.12. The van der Waals surface area contributed by atoms with Crippen LogP contribution in [0.25, 0.3) is 0 Å². The van der Waals surface area contributed by atoms with Crippen molar-refractivity contribution in [2.75, 3.05) is 5.75 Å². The fraction of sp³-hybridized carbons (Fsp3) is 0.800. The average molecular weight is 227 g/mol. The van der Waals surface area contributed by atoms with Crippen LogP contribution in [0.15, 0.2) is 4.52 Å². The van der Waals surface area contributed by atoms with Crippen LogP contribution in [0.5, 0.6) is 0 Å². The van der Waals surface area contributed by atoms with E-state index in [-0.39, 0.29) is 6.04 Å². The van der Waals surface area contributed by atoms with Gasteiger partial charge in [-0.05, 0) is 30.9 Å². The maximum Gasteiger partial charge on any atom is 0.243 e. The second kappa shape index (κ2) is 4.99. The summed E-state index contributed by atoms with van der Waals surface area (Å²) in [6.07, 6.45) is 3.57. The highest BCUT2D eigenvalue weighted by Gasteiger charge is 2.33. The molecule has 5 heteroatoms. The first-order valence-electron chi connectivity index (χ1n) is 5.47. The van der Waals surface area contributed by atoms with E-state index in [1.54, 1.807) is 0 Å². The van der Waals surface area contributed by atoms with Crippen LogP contribution < -0.4 is 5.73 Å². The molecule has 4 nitrogen and oxygen atoms in total. The Kier molecular flexibility index (Phi) is 3.64. The Morgan fingerprint density at radius 2 is 2.40 bits per heavy atom. The molecule has 1 aliphatic rings. The molecule has 0 saturated heterocycles. The minimum Gasteiger partial charge on any atom is -0.338 e. The van der Waals surface area contributed by atoms with Crippen LogP contribution in [0.1, 0.15) is 43.9 Å². The summed E-state index contributed by atoms with van der Waals surface area (Å²) in [6.45, 7) is 2.16. The highest BCUT2D eigenvalue weighted by molar-refractivity contribution is 7.98. The molecule has 0 bridgehead atoms. The molecule has 1 aromatic rings. The van der Waals surface area contributed by atoms with Gasteiger partial charge in [0.15, 0.2) is 5.82 Å². The van der Waals surface area contributed by atoms with Gasteiger partial charge in [0.1, 0.15) is 0 Å². The monoisotopic (exact) mass is 227 g/mol. The highest BCUT2D eigenvalue weighted by Crippen LogP contribution is 2.38. The zero-order chi connectivity index (χ0) is 10.7. The standard InChI is InChI=1S/C10H17N3OS/c1-2-5-15-6-8-12-10(14-13-8)9(11)7-3-4-7/h7,9H,2-6,11H2,1H3. The summed E-state index contributed by atoms with van der Waals surface area (Å²) in [7, 11) is 0. The zero-order valence-electron chi connectivity index (χ0n) is 8.98. The fourth-order valence-electron chi connectivity index (χ4n) is 1.43. The van der Waals surface area contributed by atoms with E-state index >= 15 is 0 Å². The van der Waals surface area contributed by atoms with Crippen molar-refractivity contribution in [1.29, 1.82) is 0 Å². The van der Waals surface area contributed by atoms with Crippen LogP contribution >= 0.6 is 11.8 Å². The molecule has 2 N–H and O–H groups in total. The topological polar surface area (TPSA) is 64.9 Å². The van der Waals surface area contributed by atoms with E-state index < -0.39 is 0 Å². The Morgan fingerprint density at radius 3 is 3.07 bits per heavy atom. The van der Waals surface area contributed by atoms with Gasteiger partial charge in [0.05, 0.1) is 11.8 Å². The van der Waals surface area contributed by atoms with Gasteiger partial charge in [-0.15, -0.1) is 0 Å². The third-order valence-electron chi connectivity index (χ3n) is 2.48. The molecule has 2 rings (SSSR count). The molecular weight excluding hydrogens is 210 g/mol. The lowest BCUT2D eigenvalue weighted by Crippen LogP contribution is -2.12. The molecule has 1 fully saturated rings. The third-order valence-corrected chi connectivity index (χ3v) is 3.64. The molecule has 0 aliphatic heterocycles. The Hall–Kier alpha value is -0.550. The van der Waals surface area contributed by atoms with Crippen molar-refractivity contribution in [1.82, 2.24) is 10.1 Å². The van der Waals surface area contributed by atoms with Gasteiger partial charge in [-0.1, -0.05) is 12.1 Å². The molecule has 0 spiro atoms. The van der Waals surface area contributed by atoms with E-state index in [1.807, 2.05) is 11.8 Å². The number of rotatable bonds is 6. The number of nitrogens with zero attached hydrogens (tertiary/aromatic N) is 2. The lowest BCUT2D eigenvalue weighted by Gasteiger charge is -2.01. The smallest absolute Gasteiger partial charge is 0.243 e. The lowest BCUT2D eigenvalue weighted by molar-refractivity contribution is 0.341. The van der Waals surface area contributed by atoms with Gasteiger partial charge in [0, 0.05) is 0 Å². The molecule has 0 amide bonds. The quantitative estimate of drug-likeness (QED) is 0.754. The molecule has 1 saturated carbocycles. The van der Waals surface area contributed by atoms with E-state index in [0.717, 1.165) is 17.3 Å². The molecule has 0 aromatic carbocycles. The Labute approximate surface area is 94.0 Å². The van der Waals surface area contributed by atoms with Gasteiger partial charge in [-0.25, -0.2) is 0 Å². The van der Waals surface area contributed by atoms with Gasteiger partial charge in [0.2, 0.25) is 5.89 Å². The van der Waals surface area contributed by atoms with E-state index in [1.165, 1.54) is 19.3 Å². The molecule has 1 aromatic heterocycles. The fourth-order valence-corrected chi connectivity index (χ4v) is 2.16. The predicted molar refractivity (Wildman–Crippen MR) is 60.4 cm³/mol. The first-order chi connectivity index (χ1) is 7.31. The molecule has 0 radical (unpaired) electrons. The van der Waals surface area contributed by atoms with Crippen LogP contribution in [0.4, 0.5) is 0 Å². The van der Waals surface area contributed by atoms with E-state index in [2.05, 4.69) is 17.1 Å². The minimum absolute atomic E-state index is 0.0394. The van der Waals surface area contributed by atoms with Crippen LogP contribution in [0.2, 0.25) is 0 Å². The molecule has 15 heavy (non-hydrogen) atoms. The summed E-state index contributed by atoms with van der Waals surface area (Å²) < 4.78 is 5.16. The van der Waals surface area contributed by atoms with Crippen molar-refractivity contribution in [3.05, 3.63) is 11.7 Å². The molecule has 84 valence electrons. The number of hydrogen-bond donors (Lipinski definition) is 1. The van der Waals surface area contributed by atoms with E-state index in [9.17, 15) is 0 Å². The maximum atomic E-state index is 5.97. The molecular formula is C10H17N3OS. The van der Waals surface area contributed by atoms with Crippen molar-refractivity contribution in [2.45, 2.75) is 38.0 Å². The van der Waals surface area contributed by atoms with Crippen molar-refractivity contribution < 1.29 is 4.52 Å². The number of aromatic nitrogens is 2. The Morgan fingerprint density at radius 1 is 1.60 bits per heavy atom. The van der Waals surface area contributed by atoms with Crippen LogP contribution in [0, 0.1) is 5.92 Å². The van der Waals surface area contributed by atoms with Gasteiger partial charge < -0.3 is 10.3 Å². The molecule has 1 aliphatic carbocycles. The maximum absolute atomic E-state index is 5.97. The third kappa shape index (κ3) is 2.95.